The van der Waals surface area contributed by atoms with Crippen molar-refractivity contribution in [1.29, 1.82) is 0 Å². The highest BCUT2D eigenvalue weighted by atomic mass is 19.3. The average molecular weight is 134 g/mol. The van der Waals surface area contributed by atoms with Gasteiger partial charge >= 0.3 is 0 Å². The summed E-state index contributed by atoms with van der Waals surface area (Å²) < 4.78 is 23.1. The zero-order chi connectivity index (χ0) is 6.69. The van der Waals surface area contributed by atoms with Crippen LogP contribution in [0.5, 0.6) is 0 Å². The molecule has 0 aliphatic carbocycles. The Bertz CT molecular complexity index is 114. The Hall–Kier alpha value is -0.670. The predicted molar refractivity (Wildman–Crippen MR) is 30.7 cm³/mol. The van der Waals surface area contributed by atoms with Gasteiger partial charge in [-0.05, 0) is 0 Å². The first-order valence-electron chi connectivity index (χ1n) is 2.84. The van der Waals surface area contributed by atoms with Gasteiger partial charge in [-0.1, -0.05) is 0 Å². The molecule has 9 heavy (non-hydrogen) atoms. The molecular formula is C5H8F2N2. The molecule has 0 atom stereocenters. The lowest BCUT2D eigenvalue weighted by Gasteiger charge is -2.11. The van der Waals surface area contributed by atoms with E-state index >= 15 is 0 Å². The Balaban J connectivity index is 2.20. The van der Waals surface area contributed by atoms with Crippen molar-refractivity contribution in [2.45, 2.75) is 12.8 Å². The zero-order valence-electron chi connectivity index (χ0n) is 4.93. The van der Waals surface area contributed by atoms with Crippen LogP contribution in [-0.4, -0.2) is 30.7 Å². The SMILES string of the molecule is FC(F)CN1CCC=N1. The van der Waals surface area contributed by atoms with E-state index in [2.05, 4.69) is 5.10 Å². The van der Waals surface area contributed by atoms with Crippen molar-refractivity contribution in [2.75, 3.05) is 13.1 Å². The molecule has 4 heteroatoms. The molecule has 0 bridgehead atoms. The molecule has 0 aromatic carbocycles. The van der Waals surface area contributed by atoms with Crippen LogP contribution in [0.15, 0.2) is 5.10 Å². The molecule has 0 aromatic rings. The Labute approximate surface area is 52.1 Å². The predicted octanol–water partition coefficient (Wildman–Crippen LogP) is 0.943. The summed E-state index contributed by atoms with van der Waals surface area (Å²) in [5.74, 6) is 0. The number of hydrogen-bond acceptors (Lipinski definition) is 2. The first-order valence-corrected chi connectivity index (χ1v) is 2.84. The highest BCUT2D eigenvalue weighted by molar-refractivity contribution is 5.58. The van der Waals surface area contributed by atoms with Crippen molar-refractivity contribution < 1.29 is 8.78 Å². The van der Waals surface area contributed by atoms with E-state index in [1.807, 2.05) is 0 Å². The summed E-state index contributed by atoms with van der Waals surface area (Å²) in [5, 5.41) is 5.08. The zero-order valence-corrected chi connectivity index (χ0v) is 4.93. The van der Waals surface area contributed by atoms with Gasteiger partial charge in [0.25, 0.3) is 6.43 Å². The van der Waals surface area contributed by atoms with Gasteiger partial charge in [-0.25, -0.2) is 8.78 Å². The Kier molecular flexibility index (Phi) is 1.97. The Morgan fingerprint density at radius 2 is 2.44 bits per heavy atom. The van der Waals surface area contributed by atoms with E-state index < -0.39 is 6.43 Å². The maximum atomic E-state index is 11.6. The standard InChI is InChI=1S/C5H8F2N2/c6-5(7)4-9-3-1-2-8-9/h2,5H,1,3-4H2. The molecule has 0 aromatic heterocycles. The minimum atomic E-state index is -2.26. The molecule has 0 N–H and O–H groups in total. The molecule has 1 aliphatic heterocycles. The molecule has 0 fully saturated rings. The summed E-state index contributed by atoms with van der Waals surface area (Å²) in [6, 6.07) is 0. The third-order valence-corrected chi connectivity index (χ3v) is 1.11. The average Bonchev–Trinajstić information content (AvgIpc) is 2.15. The fraction of sp³-hybridized carbons (Fsp3) is 0.800. The Morgan fingerprint density at radius 1 is 1.67 bits per heavy atom. The summed E-state index contributed by atoms with van der Waals surface area (Å²) >= 11 is 0. The van der Waals surface area contributed by atoms with Crippen LogP contribution >= 0.6 is 0 Å². The van der Waals surface area contributed by atoms with Crippen LogP contribution in [0.25, 0.3) is 0 Å². The van der Waals surface area contributed by atoms with Crippen LogP contribution in [0, 0.1) is 0 Å². The molecule has 52 valence electrons. The lowest BCUT2D eigenvalue weighted by Crippen LogP contribution is -2.21. The smallest absolute Gasteiger partial charge is 0.257 e. The van der Waals surface area contributed by atoms with Gasteiger partial charge in [-0.2, -0.15) is 5.10 Å². The van der Waals surface area contributed by atoms with E-state index in [1.54, 1.807) is 6.21 Å². The second-order valence-electron chi connectivity index (χ2n) is 1.89. The molecular weight excluding hydrogens is 126 g/mol. The molecule has 0 saturated carbocycles. The minimum Gasteiger partial charge on any atom is -0.291 e. The van der Waals surface area contributed by atoms with Gasteiger partial charge in [-0.3, -0.25) is 5.01 Å². The van der Waals surface area contributed by atoms with Crippen LogP contribution in [0.4, 0.5) is 8.78 Å². The number of alkyl halides is 2. The maximum absolute atomic E-state index is 11.6. The second kappa shape index (κ2) is 2.75. The lowest BCUT2D eigenvalue weighted by molar-refractivity contribution is 0.0954. The first-order chi connectivity index (χ1) is 4.29. The van der Waals surface area contributed by atoms with Crippen molar-refractivity contribution in [3.63, 3.8) is 0 Å². The topological polar surface area (TPSA) is 15.6 Å². The summed E-state index contributed by atoms with van der Waals surface area (Å²) in [6.45, 7) is 0.418. The molecule has 0 saturated heterocycles. The summed E-state index contributed by atoms with van der Waals surface area (Å²) in [5.41, 5.74) is 0. The van der Waals surface area contributed by atoms with Gasteiger partial charge in [-0.15, -0.1) is 0 Å². The minimum absolute atomic E-state index is 0.226. The van der Waals surface area contributed by atoms with E-state index in [4.69, 9.17) is 0 Å². The second-order valence-corrected chi connectivity index (χ2v) is 1.89. The van der Waals surface area contributed by atoms with Crippen molar-refractivity contribution in [2.24, 2.45) is 5.10 Å². The highest BCUT2D eigenvalue weighted by Crippen LogP contribution is 2.03. The fourth-order valence-corrected chi connectivity index (χ4v) is 0.735. The quantitative estimate of drug-likeness (QED) is 0.548. The maximum Gasteiger partial charge on any atom is 0.257 e. The fourth-order valence-electron chi connectivity index (χ4n) is 0.735. The third-order valence-electron chi connectivity index (χ3n) is 1.11. The van der Waals surface area contributed by atoms with Crippen molar-refractivity contribution in [3.8, 4) is 0 Å². The van der Waals surface area contributed by atoms with Gasteiger partial charge in [0.15, 0.2) is 0 Å². The monoisotopic (exact) mass is 134 g/mol. The van der Waals surface area contributed by atoms with Crippen LogP contribution in [0.1, 0.15) is 6.42 Å². The van der Waals surface area contributed by atoms with Crippen LogP contribution in [0.2, 0.25) is 0 Å². The lowest BCUT2D eigenvalue weighted by atomic mass is 10.5. The van der Waals surface area contributed by atoms with E-state index in [-0.39, 0.29) is 6.54 Å². The Morgan fingerprint density at radius 3 is 2.89 bits per heavy atom. The van der Waals surface area contributed by atoms with Crippen LogP contribution < -0.4 is 0 Å². The van der Waals surface area contributed by atoms with Crippen LogP contribution in [-0.2, 0) is 0 Å². The molecule has 2 nitrogen and oxygen atoms in total. The van der Waals surface area contributed by atoms with Gasteiger partial charge in [0.05, 0.1) is 6.54 Å². The molecule has 0 amide bonds. The van der Waals surface area contributed by atoms with E-state index in [0.29, 0.717) is 6.54 Å². The van der Waals surface area contributed by atoms with E-state index in [1.165, 1.54) is 5.01 Å². The highest BCUT2D eigenvalue weighted by Gasteiger charge is 2.11. The van der Waals surface area contributed by atoms with Gasteiger partial charge in [0.1, 0.15) is 0 Å². The van der Waals surface area contributed by atoms with Gasteiger partial charge < -0.3 is 0 Å². The van der Waals surface area contributed by atoms with Gasteiger partial charge in [0, 0.05) is 19.2 Å². The number of nitrogens with zero attached hydrogens (tertiary/aromatic N) is 2. The summed E-state index contributed by atoms with van der Waals surface area (Å²) in [4.78, 5) is 0. The van der Waals surface area contributed by atoms with E-state index in [0.717, 1.165) is 6.42 Å². The molecule has 0 spiro atoms. The number of hydrogen-bond donors (Lipinski definition) is 0. The number of rotatable bonds is 2. The normalized spacial score (nSPS) is 17.9. The number of halogens is 2. The summed E-state index contributed by atoms with van der Waals surface area (Å²) in [6.07, 6.45) is 0.190. The molecule has 1 aliphatic rings. The van der Waals surface area contributed by atoms with Crippen molar-refractivity contribution in [3.05, 3.63) is 0 Å². The molecule has 1 rings (SSSR count). The van der Waals surface area contributed by atoms with Crippen molar-refractivity contribution in [1.82, 2.24) is 5.01 Å². The molecule has 0 unspecified atom stereocenters. The van der Waals surface area contributed by atoms with E-state index in [9.17, 15) is 8.78 Å². The number of hydrazone groups is 1. The first kappa shape index (κ1) is 6.45. The third kappa shape index (κ3) is 1.95. The summed E-state index contributed by atoms with van der Waals surface area (Å²) in [7, 11) is 0. The molecule has 1 heterocycles. The van der Waals surface area contributed by atoms with Crippen LogP contribution in [0.3, 0.4) is 0 Å². The molecule has 0 radical (unpaired) electrons. The van der Waals surface area contributed by atoms with Crippen molar-refractivity contribution >= 4 is 6.21 Å². The van der Waals surface area contributed by atoms with Gasteiger partial charge in [0.2, 0.25) is 0 Å². The largest absolute Gasteiger partial charge is 0.291 e.